The Morgan fingerprint density at radius 2 is 1.91 bits per heavy atom. The molecule has 0 unspecified atom stereocenters. The molecule has 0 radical (unpaired) electrons. The van der Waals surface area contributed by atoms with Crippen LogP contribution in [-0.2, 0) is 11.2 Å². The van der Waals surface area contributed by atoms with Crippen LogP contribution in [0.1, 0.15) is 17.5 Å². The summed E-state index contributed by atoms with van der Waals surface area (Å²) >= 11 is 0. The number of carboxylic acids is 1. The third kappa shape index (κ3) is 2.72. The number of aliphatic carboxylic acids is 1. The summed E-state index contributed by atoms with van der Waals surface area (Å²) in [5.41, 5.74) is 4.77. The molecule has 0 atom stereocenters. The fourth-order valence-corrected chi connectivity index (χ4v) is 2.72. The number of halogens is 1. The van der Waals surface area contributed by atoms with Crippen LogP contribution in [0.25, 0.3) is 22.2 Å². The van der Waals surface area contributed by atoms with Gasteiger partial charge in [-0.3, -0.25) is 4.79 Å². The average molecular weight is 297 g/mol. The highest BCUT2D eigenvalue weighted by Crippen LogP contribution is 2.32. The van der Waals surface area contributed by atoms with Gasteiger partial charge >= 0.3 is 5.97 Å². The molecular formula is C18H16FNO2. The molecule has 0 fully saturated rings. The summed E-state index contributed by atoms with van der Waals surface area (Å²) in [5.74, 6) is -1.12. The monoisotopic (exact) mass is 297 g/mol. The zero-order valence-corrected chi connectivity index (χ0v) is 12.2. The third-order valence-electron chi connectivity index (χ3n) is 3.78. The molecule has 4 heteroatoms. The largest absolute Gasteiger partial charge is 0.481 e. The number of H-pyrrole nitrogens is 1. The van der Waals surface area contributed by atoms with Gasteiger partial charge in [-0.1, -0.05) is 11.6 Å². The minimum atomic E-state index is -0.827. The molecule has 2 N–H and O–H groups in total. The van der Waals surface area contributed by atoms with Crippen LogP contribution in [0.3, 0.4) is 0 Å². The lowest BCUT2D eigenvalue weighted by Crippen LogP contribution is -1.98. The number of hydrogen-bond donors (Lipinski definition) is 2. The van der Waals surface area contributed by atoms with Crippen LogP contribution in [0.5, 0.6) is 0 Å². The smallest absolute Gasteiger partial charge is 0.303 e. The van der Waals surface area contributed by atoms with E-state index in [4.69, 9.17) is 5.11 Å². The van der Waals surface area contributed by atoms with Crippen molar-refractivity contribution in [1.29, 1.82) is 0 Å². The highest BCUT2D eigenvalue weighted by molar-refractivity contribution is 5.91. The second-order valence-corrected chi connectivity index (χ2v) is 5.43. The van der Waals surface area contributed by atoms with Crippen LogP contribution in [0, 0.1) is 12.7 Å². The second kappa shape index (κ2) is 5.64. The van der Waals surface area contributed by atoms with Crippen LogP contribution in [0.2, 0.25) is 0 Å². The Kier molecular flexibility index (Phi) is 3.67. The number of fused-ring (bicyclic) bond motifs is 1. The lowest BCUT2D eigenvalue weighted by atomic mass is 10.0. The molecule has 0 spiro atoms. The van der Waals surface area contributed by atoms with Crippen molar-refractivity contribution in [2.75, 3.05) is 0 Å². The van der Waals surface area contributed by atoms with Crippen LogP contribution >= 0.6 is 0 Å². The SMILES string of the molecule is Cc1ccc2[nH]c(-c3ccc(F)cc3)c(CCC(=O)O)c2c1. The Labute approximate surface area is 127 Å². The van der Waals surface area contributed by atoms with Gasteiger partial charge in [0.2, 0.25) is 0 Å². The summed E-state index contributed by atoms with van der Waals surface area (Å²) in [6.07, 6.45) is 0.501. The number of aromatic nitrogens is 1. The van der Waals surface area contributed by atoms with Crippen molar-refractivity contribution in [2.45, 2.75) is 19.8 Å². The molecule has 0 aliphatic heterocycles. The molecule has 0 amide bonds. The topological polar surface area (TPSA) is 53.1 Å². The highest BCUT2D eigenvalue weighted by atomic mass is 19.1. The van der Waals surface area contributed by atoms with Gasteiger partial charge in [0.05, 0.1) is 0 Å². The maximum absolute atomic E-state index is 13.1. The van der Waals surface area contributed by atoms with E-state index in [0.717, 1.165) is 33.3 Å². The van der Waals surface area contributed by atoms with Crippen LogP contribution in [0.4, 0.5) is 4.39 Å². The normalized spacial score (nSPS) is 11.0. The quantitative estimate of drug-likeness (QED) is 0.754. The van der Waals surface area contributed by atoms with Gasteiger partial charge in [-0.25, -0.2) is 4.39 Å². The molecule has 0 saturated heterocycles. The minimum Gasteiger partial charge on any atom is -0.481 e. The summed E-state index contributed by atoms with van der Waals surface area (Å²) in [4.78, 5) is 14.3. The van der Waals surface area contributed by atoms with Gasteiger partial charge in [-0.15, -0.1) is 0 Å². The highest BCUT2D eigenvalue weighted by Gasteiger charge is 2.14. The zero-order chi connectivity index (χ0) is 15.7. The zero-order valence-electron chi connectivity index (χ0n) is 12.2. The van der Waals surface area contributed by atoms with E-state index in [1.165, 1.54) is 12.1 Å². The van der Waals surface area contributed by atoms with Crippen molar-refractivity contribution < 1.29 is 14.3 Å². The Bertz CT molecular complexity index is 834. The first-order chi connectivity index (χ1) is 10.5. The summed E-state index contributed by atoms with van der Waals surface area (Å²) in [6.45, 7) is 2.00. The Hall–Kier alpha value is -2.62. The van der Waals surface area contributed by atoms with Gasteiger partial charge in [-0.05, 0) is 60.9 Å². The van der Waals surface area contributed by atoms with Crippen molar-refractivity contribution >= 4 is 16.9 Å². The Morgan fingerprint density at radius 3 is 2.59 bits per heavy atom. The van der Waals surface area contributed by atoms with E-state index in [0.29, 0.717) is 6.42 Å². The third-order valence-corrected chi connectivity index (χ3v) is 3.78. The van der Waals surface area contributed by atoms with Gasteiger partial charge in [0, 0.05) is 23.0 Å². The van der Waals surface area contributed by atoms with Gasteiger partial charge < -0.3 is 10.1 Å². The second-order valence-electron chi connectivity index (χ2n) is 5.43. The fraction of sp³-hybridized carbons (Fsp3) is 0.167. The summed E-state index contributed by atoms with van der Waals surface area (Å²) in [5, 5.41) is 10.0. The molecule has 1 aromatic heterocycles. The first kappa shape index (κ1) is 14.3. The van der Waals surface area contributed by atoms with Crippen LogP contribution in [-0.4, -0.2) is 16.1 Å². The number of nitrogens with one attached hydrogen (secondary N) is 1. The van der Waals surface area contributed by atoms with Gasteiger partial charge in [0.25, 0.3) is 0 Å². The molecule has 3 aromatic rings. The van der Waals surface area contributed by atoms with E-state index in [9.17, 15) is 9.18 Å². The molecule has 2 aromatic carbocycles. The van der Waals surface area contributed by atoms with Crippen molar-refractivity contribution in [3.05, 3.63) is 59.4 Å². The number of benzene rings is 2. The Morgan fingerprint density at radius 1 is 1.18 bits per heavy atom. The number of carboxylic acid groups (broad SMARTS) is 1. The Balaban J connectivity index is 2.16. The predicted molar refractivity (Wildman–Crippen MR) is 84.4 cm³/mol. The number of carbonyl (C=O) groups is 1. The van der Waals surface area contributed by atoms with Crippen molar-refractivity contribution in [3.63, 3.8) is 0 Å². The van der Waals surface area contributed by atoms with E-state index in [-0.39, 0.29) is 12.2 Å². The number of hydrogen-bond acceptors (Lipinski definition) is 1. The maximum Gasteiger partial charge on any atom is 0.303 e. The van der Waals surface area contributed by atoms with Crippen molar-refractivity contribution in [2.24, 2.45) is 0 Å². The van der Waals surface area contributed by atoms with Crippen molar-refractivity contribution in [1.82, 2.24) is 4.98 Å². The summed E-state index contributed by atoms with van der Waals surface area (Å²) in [6, 6.07) is 12.3. The lowest BCUT2D eigenvalue weighted by molar-refractivity contribution is -0.136. The first-order valence-electron chi connectivity index (χ1n) is 7.13. The maximum atomic E-state index is 13.1. The van der Waals surface area contributed by atoms with Gasteiger partial charge in [0.1, 0.15) is 5.82 Å². The van der Waals surface area contributed by atoms with Crippen LogP contribution < -0.4 is 0 Å². The molecule has 0 aliphatic rings. The molecular weight excluding hydrogens is 281 g/mol. The molecule has 0 bridgehead atoms. The molecule has 1 heterocycles. The molecule has 3 nitrogen and oxygen atoms in total. The van der Waals surface area contributed by atoms with Gasteiger partial charge in [-0.2, -0.15) is 0 Å². The number of aromatic amines is 1. The van der Waals surface area contributed by atoms with Gasteiger partial charge in [0.15, 0.2) is 0 Å². The molecule has 3 rings (SSSR count). The van der Waals surface area contributed by atoms with Crippen molar-refractivity contribution in [3.8, 4) is 11.3 Å². The molecule has 112 valence electrons. The van der Waals surface area contributed by atoms with E-state index < -0.39 is 5.97 Å². The number of aryl methyl sites for hydroxylation is 2. The summed E-state index contributed by atoms with van der Waals surface area (Å²) < 4.78 is 13.1. The number of rotatable bonds is 4. The fourth-order valence-electron chi connectivity index (χ4n) is 2.72. The molecule has 0 saturated carbocycles. The average Bonchev–Trinajstić information content (AvgIpc) is 2.83. The predicted octanol–water partition coefficient (Wildman–Crippen LogP) is 4.30. The first-order valence-corrected chi connectivity index (χ1v) is 7.13. The standard InChI is InChI=1S/C18H16FNO2/c1-11-2-8-16-15(10-11)14(7-9-17(21)22)18(20-16)12-3-5-13(19)6-4-12/h2-6,8,10,20H,7,9H2,1H3,(H,21,22). The molecule has 22 heavy (non-hydrogen) atoms. The van der Waals surface area contributed by atoms with E-state index in [1.54, 1.807) is 12.1 Å². The lowest BCUT2D eigenvalue weighted by Gasteiger charge is -2.04. The summed E-state index contributed by atoms with van der Waals surface area (Å²) in [7, 11) is 0. The van der Waals surface area contributed by atoms with Crippen LogP contribution in [0.15, 0.2) is 42.5 Å². The van der Waals surface area contributed by atoms with E-state index in [2.05, 4.69) is 11.1 Å². The van der Waals surface area contributed by atoms with E-state index >= 15 is 0 Å². The minimum absolute atomic E-state index is 0.0646. The molecule has 0 aliphatic carbocycles. The van der Waals surface area contributed by atoms with E-state index in [1.807, 2.05) is 19.1 Å².